The average molecular weight is 440 g/mol. The van der Waals surface area contributed by atoms with Crippen molar-refractivity contribution in [2.75, 3.05) is 32.2 Å². The molecule has 1 atom stereocenters. The Hall–Kier alpha value is -2.80. The van der Waals surface area contributed by atoms with Gasteiger partial charge in [-0.25, -0.2) is 4.98 Å². The lowest BCUT2D eigenvalue weighted by Crippen LogP contribution is -2.43. The summed E-state index contributed by atoms with van der Waals surface area (Å²) >= 11 is 1.72. The SMILES string of the molecule is COc1cccc(CNC(=O)C2CCCN(c3nc4c(C)cc(C)cc4s3)C2)c1OC. The Labute approximate surface area is 187 Å². The summed E-state index contributed by atoms with van der Waals surface area (Å²) in [5, 5.41) is 4.10. The number of thiazole rings is 1. The van der Waals surface area contributed by atoms with Gasteiger partial charge in [-0.15, -0.1) is 0 Å². The van der Waals surface area contributed by atoms with Gasteiger partial charge in [-0.05, 0) is 49.9 Å². The van der Waals surface area contributed by atoms with E-state index < -0.39 is 0 Å². The van der Waals surface area contributed by atoms with Crippen LogP contribution in [0.25, 0.3) is 10.2 Å². The molecule has 1 aliphatic rings. The molecule has 2 heterocycles. The third-order valence-electron chi connectivity index (χ3n) is 5.82. The monoisotopic (exact) mass is 439 g/mol. The Kier molecular flexibility index (Phi) is 6.32. The van der Waals surface area contributed by atoms with Crippen LogP contribution in [0.3, 0.4) is 0 Å². The van der Waals surface area contributed by atoms with Gasteiger partial charge in [-0.2, -0.15) is 0 Å². The fourth-order valence-corrected chi connectivity index (χ4v) is 5.46. The van der Waals surface area contributed by atoms with Gasteiger partial charge in [-0.1, -0.05) is 29.5 Å². The number of hydrogen-bond donors (Lipinski definition) is 1. The zero-order valence-electron chi connectivity index (χ0n) is 18.5. The van der Waals surface area contributed by atoms with E-state index in [2.05, 4.69) is 36.2 Å². The summed E-state index contributed by atoms with van der Waals surface area (Å²) in [5.74, 6) is 1.35. The van der Waals surface area contributed by atoms with Crippen LogP contribution >= 0.6 is 11.3 Å². The van der Waals surface area contributed by atoms with Crippen molar-refractivity contribution in [3.63, 3.8) is 0 Å². The first-order valence-corrected chi connectivity index (χ1v) is 11.4. The van der Waals surface area contributed by atoms with Crippen LogP contribution in [0.15, 0.2) is 30.3 Å². The minimum Gasteiger partial charge on any atom is -0.493 e. The van der Waals surface area contributed by atoms with Gasteiger partial charge in [0.1, 0.15) is 0 Å². The summed E-state index contributed by atoms with van der Waals surface area (Å²) in [6.45, 7) is 6.27. The predicted molar refractivity (Wildman–Crippen MR) is 125 cm³/mol. The zero-order chi connectivity index (χ0) is 22.0. The normalized spacial score (nSPS) is 16.4. The molecular weight excluding hydrogens is 410 g/mol. The molecule has 1 amide bonds. The molecule has 0 bridgehead atoms. The number of piperidine rings is 1. The molecule has 2 aromatic carbocycles. The number of carbonyl (C=O) groups is 1. The third kappa shape index (κ3) is 4.46. The van der Waals surface area contributed by atoms with Crippen molar-refractivity contribution in [3.8, 4) is 11.5 Å². The minimum atomic E-state index is -0.0554. The van der Waals surface area contributed by atoms with Crippen LogP contribution in [0.2, 0.25) is 0 Å². The molecule has 164 valence electrons. The third-order valence-corrected chi connectivity index (χ3v) is 6.88. The predicted octanol–water partition coefficient (Wildman–Crippen LogP) is 4.46. The topological polar surface area (TPSA) is 63.7 Å². The highest BCUT2D eigenvalue weighted by atomic mass is 32.1. The smallest absolute Gasteiger partial charge is 0.225 e. The number of anilines is 1. The number of methoxy groups -OCH3 is 2. The van der Waals surface area contributed by atoms with Crippen molar-refractivity contribution in [1.82, 2.24) is 10.3 Å². The van der Waals surface area contributed by atoms with Crippen molar-refractivity contribution < 1.29 is 14.3 Å². The molecule has 0 aliphatic carbocycles. The molecule has 4 rings (SSSR count). The number of benzene rings is 2. The standard InChI is InChI=1S/C24H29N3O3S/c1-15-11-16(2)21-20(12-15)31-24(26-21)27-10-6-8-18(14-27)23(28)25-13-17-7-5-9-19(29-3)22(17)30-4/h5,7,9,11-12,18H,6,8,10,13-14H2,1-4H3,(H,25,28). The number of carbonyl (C=O) groups excluding carboxylic acids is 1. The Balaban J connectivity index is 1.44. The van der Waals surface area contributed by atoms with E-state index in [-0.39, 0.29) is 11.8 Å². The number of hydrogen-bond acceptors (Lipinski definition) is 6. The molecule has 6 nitrogen and oxygen atoms in total. The highest BCUT2D eigenvalue weighted by Gasteiger charge is 2.27. The van der Waals surface area contributed by atoms with E-state index in [1.807, 2.05) is 18.2 Å². The zero-order valence-corrected chi connectivity index (χ0v) is 19.3. The quantitative estimate of drug-likeness (QED) is 0.614. The molecule has 0 saturated carbocycles. The van der Waals surface area contributed by atoms with E-state index in [4.69, 9.17) is 14.5 Å². The van der Waals surface area contributed by atoms with Crippen LogP contribution in [0.5, 0.6) is 11.5 Å². The van der Waals surface area contributed by atoms with Gasteiger partial charge in [0.25, 0.3) is 0 Å². The van der Waals surface area contributed by atoms with E-state index in [9.17, 15) is 4.79 Å². The van der Waals surface area contributed by atoms with Crippen molar-refractivity contribution in [2.45, 2.75) is 33.2 Å². The fraction of sp³-hybridized carbons (Fsp3) is 0.417. The average Bonchev–Trinajstić information content (AvgIpc) is 3.21. The van der Waals surface area contributed by atoms with Crippen molar-refractivity contribution in [3.05, 3.63) is 47.0 Å². The number of nitrogens with one attached hydrogen (secondary N) is 1. The van der Waals surface area contributed by atoms with Crippen molar-refractivity contribution in [2.24, 2.45) is 5.92 Å². The van der Waals surface area contributed by atoms with Crippen molar-refractivity contribution in [1.29, 1.82) is 0 Å². The number of fused-ring (bicyclic) bond motifs is 1. The maximum absolute atomic E-state index is 12.9. The molecule has 1 N–H and O–H groups in total. The minimum absolute atomic E-state index is 0.0554. The van der Waals surface area contributed by atoms with Gasteiger partial charge in [0.05, 0.1) is 30.4 Å². The highest BCUT2D eigenvalue weighted by Crippen LogP contribution is 2.34. The van der Waals surface area contributed by atoms with Crippen LogP contribution < -0.4 is 19.7 Å². The largest absolute Gasteiger partial charge is 0.493 e. The number of amides is 1. The second-order valence-corrected chi connectivity index (χ2v) is 9.09. The lowest BCUT2D eigenvalue weighted by atomic mass is 9.97. The van der Waals surface area contributed by atoms with E-state index in [0.717, 1.165) is 35.6 Å². The molecule has 3 aromatic rings. The summed E-state index contributed by atoms with van der Waals surface area (Å²) in [6, 6.07) is 10.1. The first-order chi connectivity index (χ1) is 15.0. The van der Waals surface area contributed by atoms with Gasteiger partial charge in [-0.3, -0.25) is 4.79 Å². The first kappa shape index (κ1) is 21.4. The van der Waals surface area contributed by atoms with Gasteiger partial charge in [0, 0.05) is 25.2 Å². The number of para-hydroxylation sites is 1. The fourth-order valence-electron chi connectivity index (χ4n) is 4.28. The van der Waals surface area contributed by atoms with Gasteiger partial charge in [0.15, 0.2) is 16.6 Å². The summed E-state index contributed by atoms with van der Waals surface area (Å²) in [5.41, 5.74) is 4.43. The molecule has 0 radical (unpaired) electrons. The molecular formula is C24H29N3O3S. The number of rotatable bonds is 6. The lowest BCUT2D eigenvalue weighted by molar-refractivity contribution is -0.125. The molecule has 31 heavy (non-hydrogen) atoms. The molecule has 1 unspecified atom stereocenters. The van der Waals surface area contributed by atoms with E-state index in [1.165, 1.54) is 15.8 Å². The Morgan fingerprint density at radius 2 is 2.10 bits per heavy atom. The first-order valence-electron chi connectivity index (χ1n) is 10.6. The number of aryl methyl sites for hydroxylation is 2. The summed E-state index contributed by atoms with van der Waals surface area (Å²) < 4.78 is 12.0. The summed E-state index contributed by atoms with van der Waals surface area (Å²) in [7, 11) is 3.23. The molecule has 1 aromatic heterocycles. The molecule has 1 fully saturated rings. The van der Waals surface area contributed by atoms with E-state index in [1.54, 1.807) is 25.6 Å². The van der Waals surface area contributed by atoms with Crippen LogP contribution in [0.4, 0.5) is 5.13 Å². The summed E-state index contributed by atoms with van der Waals surface area (Å²) in [4.78, 5) is 20.1. The Morgan fingerprint density at radius 3 is 2.87 bits per heavy atom. The van der Waals surface area contributed by atoms with Crippen LogP contribution in [0, 0.1) is 19.8 Å². The number of ether oxygens (including phenoxy) is 2. The van der Waals surface area contributed by atoms with Crippen LogP contribution in [-0.4, -0.2) is 38.2 Å². The Morgan fingerprint density at radius 1 is 1.26 bits per heavy atom. The second-order valence-electron chi connectivity index (χ2n) is 8.08. The summed E-state index contributed by atoms with van der Waals surface area (Å²) in [6.07, 6.45) is 1.87. The Bertz CT molecular complexity index is 1100. The molecule has 1 saturated heterocycles. The van der Waals surface area contributed by atoms with Crippen molar-refractivity contribution >= 4 is 32.6 Å². The van der Waals surface area contributed by atoms with Crippen LogP contribution in [0.1, 0.15) is 29.5 Å². The lowest BCUT2D eigenvalue weighted by Gasteiger charge is -2.31. The molecule has 0 spiro atoms. The number of nitrogens with zero attached hydrogens (tertiary/aromatic N) is 2. The molecule has 7 heteroatoms. The van der Waals surface area contributed by atoms with E-state index in [0.29, 0.717) is 24.6 Å². The number of aromatic nitrogens is 1. The van der Waals surface area contributed by atoms with Gasteiger partial charge < -0.3 is 19.7 Å². The maximum atomic E-state index is 12.9. The van der Waals surface area contributed by atoms with Crippen LogP contribution in [-0.2, 0) is 11.3 Å². The highest BCUT2D eigenvalue weighted by molar-refractivity contribution is 7.22. The molecule has 1 aliphatic heterocycles. The van der Waals surface area contributed by atoms with E-state index >= 15 is 0 Å². The second kappa shape index (κ2) is 9.14. The van der Waals surface area contributed by atoms with Gasteiger partial charge >= 0.3 is 0 Å². The van der Waals surface area contributed by atoms with Gasteiger partial charge in [0.2, 0.25) is 5.91 Å². The maximum Gasteiger partial charge on any atom is 0.225 e.